The van der Waals surface area contributed by atoms with Gasteiger partial charge in [-0.05, 0) is 12.1 Å². The van der Waals surface area contributed by atoms with Crippen LogP contribution in [0.4, 0.5) is 5.82 Å². The summed E-state index contributed by atoms with van der Waals surface area (Å²) in [6, 6.07) is 3.31. The molecule has 0 saturated carbocycles. The van der Waals surface area contributed by atoms with E-state index >= 15 is 0 Å². The molecule has 0 aliphatic carbocycles. The van der Waals surface area contributed by atoms with Crippen molar-refractivity contribution in [2.75, 3.05) is 12.5 Å². The fourth-order valence-electron chi connectivity index (χ4n) is 0.838. The number of carbonyl (C=O) groups excluding carboxylic acids is 1. The van der Waals surface area contributed by atoms with Gasteiger partial charge in [0.1, 0.15) is 0 Å². The predicted octanol–water partition coefficient (Wildman–Crippen LogP) is -0.273. The normalized spacial score (nSPS) is 9.17. The molecule has 4 N–H and O–H groups in total. The summed E-state index contributed by atoms with van der Waals surface area (Å²) in [5.41, 5.74) is 2.77. The molecule has 0 spiro atoms. The third kappa shape index (κ3) is 1.51. The second kappa shape index (κ2) is 3.68. The first-order valence-corrected chi connectivity index (χ1v) is 3.43. The highest BCUT2D eigenvalue weighted by atomic mass is 16.1. The third-order valence-corrected chi connectivity index (χ3v) is 1.42. The molecule has 1 aromatic rings. The maximum atomic E-state index is 11.1. The standard InChI is InChI=1S/C7H10N4O/c1-9-7(12)5-3-2-4-10-6(5)11-8/h2-4H,8H2,1H3,(H,9,12)(H,10,11). The Balaban J connectivity index is 3.04. The molecule has 12 heavy (non-hydrogen) atoms. The fourth-order valence-corrected chi connectivity index (χ4v) is 0.838. The van der Waals surface area contributed by atoms with Gasteiger partial charge in [0.15, 0.2) is 5.82 Å². The van der Waals surface area contributed by atoms with E-state index in [4.69, 9.17) is 5.84 Å². The minimum Gasteiger partial charge on any atom is -0.355 e. The Morgan fingerprint density at radius 3 is 3.00 bits per heavy atom. The second-order valence-electron chi connectivity index (χ2n) is 2.12. The van der Waals surface area contributed by atoms with Crippen molar-refractivity contribution < 1.29 is 4.79 Å². The summed E-state index contributed by atoms with van der Waals surface area (Å²) >= 11 is 0. The molecule has 1 aromatic heterocycles. The number of nitrogens with two attached hydrogens (primary N) is 1. The molecule has 0 aromatic carbocycles. The van der Waals surface area contributed by atoms with Gasteiger partial charge in [0.25, 0.3) is 5.91 Å². The van der Waals surface area contributed by atoms with Crippen LogP contribution in [0.3, 0.4) is 0 Å². The Hall–Kier alpha value is -1.62. The van der Waals surface area contributed by atoms with Gasteiger partial charge in [-0.3, -0.25) is 4.79 Å². The van der Waals surface area contributed by atoms with Crippen LogP contribution in [0.2, 0.25) is 0 Å². The first-order chi connectivity index (χ1) is 5.79. The fraction of sp³-hybridized carbons (Fsp3) is 0.143. The highest BCUT2D eigenvalue weighted by molar-refractivity contribution is 5.98. The number of rotatable bonds is 2. The minimum absolute atomic E-state index is 0.212. The maximum Gasteiger partial charge on any atom is 0.254 e. The van der Waals surface area contributed by atoms with Crippen LogP contribution >= 0.6 is 0 Å². The molecule has 0 atom stereocenters. The number of carbonyl (C=O) groups is 1. The van der Waals surface area contributed by atoms with Crippen LogP contribution in [0.5, 0.6) is 0 Å². The van der Waals surface area contributed by atoms with E-state index in [1.54, 1.807) is 25.4 Å². The number of pyridine rings is 1. The van der Waals surface area contributed by atoms with Gasteiger partial charge in [-0.25, -0.2) is 10.8 Å². The summed E-state index contributed by atoms with van der Waals surface area (Å²) in [6.45, 7) is 0. The zero-order valence-corrected chi connectivity index (χ0v) is 6.66. The van der Waals surface area contributed by atoms with Crippen molar-refractivity contribution in [3.05, 3.63) is 23.9 Å². The lowest BCUT2D eigenvalue weighted by molar-refractivity contribution is 0.0963. The van der Waals surface area contributed by atoms with Crippen LogP contribution < -0.4 is 16.6 Å². The lowest BCUT2D eigenvalue weighted by Crippen LogP contribution is -2.21. The highest BCUT2D eigenvalue weighted by Gasteiger charge is 2.08. The molecule has 1 heterocycles. The van der Waals surface area contributed by atoms with Crippen LogP contribution in [0.15, 0.2) is 18.3 Å². The molecular formula is C7H10N4O. The van der Waals surface area contributed by atoms with E-state index in [1.807, 2.05) is 0 Å². The van der Waals surface area contributed by atoms with Gasteiger partial charge in [0.05, 0.1) is 5.56 Å². The second-order valence-corrected chi connectivity index (χ2v) is 2.12. The summed E-state index contributed by atoms with van der Waals surface area (Å²) in [4.78, 5) is 15.0. The predicted molar refractivity (Wildman–Crippen MR) is 45.4 cm³/mol. The van der Waals surface area contributed by atoms with Crippen molar-refractivity contribution in [2.45, 2.75) is 0 Å². The molecule has 0 saturated heterocycles. The van der Waals surface area contributed by atoms with Gasteiger partial charge >= 0.3 is 0 Å². The largest absolute Gasteiger partial charge is 0.355 e. The van der Waals surface area contributed by atoms with E-state index in [2.05, 4.69) is 15.7 Å². The number of anilines is 1. The van der Waals surface area contributed by atoms with E-state index in [1.165, 1.54) is 0 Å². The molecule has 1 rings (SSSR count). The number of nitrogens with zero attached hydrogens (tertiary/aromatic N) is 1. The Labute approximate surface area is 70.0 Å². The highest BCUT2D eigenvalue weighted by Crippen LogP contribution is 2.08. The Morgan fingerprint density at radius 2 is 2.42 bits per heavy atom. The molecule has 0 radical (unpaired) electrons. The van der Waals surface area contributed by atoms with Crippen molar-refractivity contribution in [2.24, 2.45) is 5.84 Å². The summed E-state index contributed by atoms with van der Waals surface area (Å²) < 4.78 is 0. The lowest BCUT2D eigenvalue weighted by atomic mass is 10.2. The number of amides is 1. The van der Waals surface area contributed by atoms with E-state index in [-0.39, 0.29) is 5.91 Å². The van der Waals surface area contributed by atoms with Crippen molar-refractivity contribution in [3.63, 3.8) is 0 Å². The first-order valence-electron chi connectivity index (χ1n) is 3.43. The smallest absolute Gasteiger partial charge is 0.254 e. The summed E-state index contributed by atoms with van der Waals surface area (Å²) in [5.74, 6) is 5.31. The molecular weight excluding hydrogens is 156 g/mol. The molecule has 0 bridgehead atoms. The van der Waals surface area contributed by atoms with E-state index < -0.39 is 0 Å². The molecule has 0 fully saturated rings. The zero-order valence-electron chi connectivity index (χ0n) is 6.66. The zero-order chi connectivity index (χ0) is 8.97. The molecule has 1 amide bonds. The first kappa shape index (κ1) is 8.48. The Morgan fingerprint density at radius 1 is 1.67 bits per heavy atom. The molecule has 5 nitrogen and oxygen atoms in total. The van der Waals surface area contributed by atoms with Crippen LogP contribution in [0, 0.1) is 0 Å². The van der Waals surface area contributed by atoms with Crippen LogP contribution in [0.1, 0.15) is 10.4 Å². The van der Waals surface area contributed by atoms with Gasteiger partial charge < -0.3 is 10.7 Å². The topological polar surface area (TPSA) is 80.0 Å². The van der Waals surface area contributed by atoms with Crippen molar-refractivity contribution in [1.29, 1.82) is 0 Å². The average molecular weight is 166 g/mol. The quantitative estimate of drug-likeness (QED) is 0.417. The van der Waals surface area contributed by atoms with E-state index in [0.717, 1.165) is 0 Å². The van der Waals surface area contributed by atoms with Crippen LogP contribution in [-0.4, -0.2) is 17.9 Å². The Kier molecular flexibility index (Phi) is 2.60. The lowest BCUT2D eigenvalue weighted by Gasteiger charge is -2.04. The molecule has 64 valence electrons. The molecule has 0 unspecified atom stereocenters. The van der Waals surface area contributed by atoms with Crippen LogP contribution in [0.25, 0.3) is 0 Å². The van der Waals surface area contributed by atoms with Crippen molar-refractivity contribution in [3.8, 4) is 0 Å². The molecule has 5 heteroatoms. The Bertz CT molecular complexity index is 286. The summed E-state index contributed by atoms with van der Waals surface area (Å²) in [5, 5.41) is 2.48. The number of aromatic nitrogens is 1. The number of hydrogen-bond donors (Lipinski definition) is 3. The van der Waals surface area contributed by atoms with Gasteiger partial charge in [0, 0.05) is 13.2 Å². The van der Waals surface area contributed by atoms with E-state index in [9.17, 15) is 4.79 Å². The number of nitrogen functional groups attached to an aromatic ring is 1. The maximum absolute atomic E-state index is 11.1. The minimum atomic E-state index is -0.212. The summed E-state index contributed by atoms with van der Waals surface area (Å²) in [7, 11) is 1.55. The SMILES string of the molecule is CNC(=O)c1cccnc1NN. The van der Waals surface area contributed by atoms with Gasteiger partial charge in [-0.1, -0.05) is 0 Å². The number of hydrogen-bond acceptors (Lipinski definition) is 4. The van der Waals surface area contributed by atoms with Crippen molar-refractivity contribution >= 4 is 11.7 Å². The molecule has 0 aliphatic heterocycles. The molecule has 0 aliphatic rings. The monoisotopic (exact) mass is 166 g/mol. The average Bonchev–Trinajstić information content (AvgIpc) is 2.16. The van der Waals surface area contributed by atoms with Gasteiger partial charge in [0.2, 0.25) is 0 Å². The van der Waals surface area contributed by atoms with Crippen LogP contribution in [-0.2, 0) is 0 Å². The summed E-state index contributed by atoms with van der Waals surface area (Å²) in [6.07, 6.45) is 1.56. The number of nitrogens with one attached hydrogen (secondary N) is 2. The van der Waals surface area contributed by atoms with E-state index in [0.29, 0.717) is 11.4 Å². The van der Waals surface area contributed by atoms with Gasteiger partial charge in [-0.2, -0.15) is 0 Å². The van der Waals surface area contributed by atoms with Gasteiger partial charge in [-0.15, -0.1) is 0 Å². The van der Waals surface area contributed by atoms with Crippen molar-refractivity contribution in [1.82, 2.24) is 10.3 Å². The third-order valence-electron chi connectivity index (χ3n) is 1.42. The number of hydrazine groups is 1.